The minimum atomic E-state index is 0.602. The van der Waals surface area contributed by atoms with Crippen molar-refractivity contribution in [1.29, 1.82) is 0 Å². The van der Waals surface area contributed by atoms with Crippen LogP contribution in [0.25, 0.3) is 0 Å². The summed E-state index contributed by atoms with van der Waals surface area (Å²) in [7, 11) is 0. The third-order valence-electron chi connectivity index (χ3n) is 4.17. The molecule has 0 saturated carbocycles. The van der Waals surface area contributed by atoms with Gasteiger partial charge in [0.05, 0.1) is 0 Å². The van der Waals surface area contributed by atoms with Crippen molar-refractivity contribution in [3.05, 3.63) is 29.3 Å². The normalized spacial score (nSPS) is 15.1. The number of hydrogen-bond donors (Lipinski definition) is 1. The maximum Gasteiger partial charge on any atom is 0.119 e. The molecule has 0 amide bonds. The summed E-state index contributed by atoms with van der Waals surface area (Å²) in [4.78, 5) is 0. The molecule has 1 N–H and O–H groups in total. The number of rotatable bonds is 9. The van der Waals surface area contributed by atoms with Gasteiger partial charge in [0.2, 0.25) is 0 Å². The largest absolute Gasteiger partial charge is 0.492 e. The van der Waals surface area contributed by atoms with Gasteiger partial charge < -0.3 is 10.1 Å². The van der Waals surface area contributed by atoms with Crippen LogP contribution in [0.1, 0.15) is 57.1 Å². The van der Waals surface area contributed by atoms with Gasteiger partial charge in [0.15, 0.2) is 0 Å². The summed E-state index contributed by atoms with van der Waals surface area (Å²) in [6.45, 7) is 6.22. The third-order valence-corrected chi connectivity index (χ3v) is 4.17. The van der Waals surface area contributed by atoms with Gasteiger partial charge in [-0.15, -0.1) is 0 Å². The minimum Gasteiger partial charge on any atom is -0.492 e. The van der Waals surface area contributed by atoms with Crippen LogP contribution < -0.4 is 10.1 Å². The van der Waals surface area contributed by atoms with E-state index < -0.39 is 0 Å². The monoisotopic (exact) mass is 275 g/mol. The van der Waals surface area contributed by atoms with Gasteiger partial charge in [-0.3, -0.25) is 0 Å². The van der Waals surface area contributed by atoms with E-state index in [4.69, 9.17) is 4.74 Å². The molecule has 1 aromatic rings. The molecule has 2 heteroatoms. The van der Waals surface area contributed by atoms with Crippen LogP contribution in [0.15, 0.2) is 18.2 Å². The lowest BCUT2D eigenvalue weighted by atomic mass is 10.1. The van der Waals surface area contributed by atoms with Crippen LogP contribution in [0.3, 0.4) is 0 Å². The molecule has 2 nitrogen and oxygen atoms in total. The predicted molar refractivity (Wildman–Crippen MR) is 85.6 cm³/mol. The molecular weight excluding hydrogens is 246 g/mol. The molecule has 0 heterocycles. The van der Waals surface area contributed by atoms with Crippen LogP contribution in [0.5, 0.6) is 5.75 Å². The molecule has 0 fully saturated rings. The molecule has 0 spiro atoms. The van der Waals surface area contributed by atoms with Crippen molar-refractivity contribution in [2.24, 2.45) is 0 Å². The molecule has 0 aliphatic heterocycles. The first-order chi connectivity index (χ1) is 9.79. The summed E-state index contributed by atoms with van der Waals surface area (Å²) in [6, 6.07) is 7.19. The summed E-state index contributed by atoms with van der Waals surface area (Å²) in [5.74, 6) is 1.03. The zero-order chi connectivity index (χ0) is 14.2. The molecule has 1 unspecified atom stereocenters. The molecule has 1 aromatic carbocycles. The van der Waals surface area contributed by atoms with E-state index in [1.165, 1.54) is 56.1 Å². The van der Waals surface area contributed by atoms with E-state index in [9.17, 15) is 0 Å². The van der Waals surface area contributed by atoms with Crippen LogP contribution in [0.4, 0.5) is 0 Å². The molecule has 1 atom stereocenters. The summed E-state index contributed by atoms with van der Waals surface area (Å²) in [6.07, 6.45) is 9.01. The van der Waals surface area contributed by atoms with Gasteiger partial charge in [0.1, 0.15) is 12.4 Å². The number of hydrogen-bond acceptors (Lipinski definition) is 2. The fourth-order valence-electron chi connectivity index (χ4n) is 2.91. The Balaban J connectivity index is 1.61. The van der Waals surface area contributed by atoms with Crippen LogP contribution in [-0.4, -0.2) is 19.2 Å². The van der Waals surface area contributed by atoms with Crippen LogP contribution in [-0.2, 0) is 12.8 Å². The van der Waals surface area contributed by atoms with E-state index in [0.29, 0.717) is 6.04 Å². The summed E-state index contributed by atoms with van der Waals surface area (Å²) >= 11 is 0. The average Bonchev–Trinajstić information content (AvgIpc) is 2.91. The number of ether oxygens (including phenoxy) is 1. The highest BCUT2D eigenvalue weighted by atomic mass is 16.5. The van der Waals surface area contributed by atoms with E-state index in [1.54, 1.807) is 0 Å². The van der Waals surface area contributed by atoms with Gasteiger partial charge in [-0.05, 0) is 55.9 Å². The Kier molecular flexibility index (Phi) is 6.38. The minimum absolute atomic E-state index is 0.602. The Labute approximate surface area is 123 Å². The second-order valence-electron chi connectivity index (χ2n) is 5.98. The SMILES string of the molecule is CCCCCC(C)NCCOc1ccc2c(c1)CCC2. The lowest BCUT2D eigenvalue weighted by molar-refractivity contribution is 0.304. The van der Waals surface area contributed by atoms with Crippen LogP contribution in [0.2, 0.25) is 0 Å². The second kappa shape index (κ2) is 8.31. The number of benzene rings is 1. The molecule has 1 aliphatic rings. The highest BCUT2D eigenvalue weighted by Gasteiger charge is 2.11. The Morgan fingerprint density at radius 3 is 2.90 bits per heavy atom. The fraction of sp³-hybridized carbons (Fsp3) is 0.667. The van der Waals surface area contributed by atoms with Crippen molar-refractivity contribution < 1.29 is 4.74 Å². The first-order valence-corrected chi connectivity index (χ1v) is 8.27. The number of unbranched alkanes of at least 4 members (excludes halogenated alkanes) is 2. The van der Waals surface area contributed by atoms with Gasteiger partial charge in [-0.25, -0.2) is 0 Å². The molecule has 20 heavy (non-hydrogen) atoms. The van der Waals surface area contributed by atoms with Crippen molar-refractivity contribution in [2.75, 3.05) is 13.2 Å². The number of aryl methyl sites for hydroxylation is 2. The first kappa shape index (κ1) is 15.4. The molecule has 0 aromatic heterocycles. The Morgan fingerprint density at radius 2 is 2.05 bits per heavy atom. The van der Waals surface area contributed by atoms with Gasteiger partial charge in [0, 0.05) is 12.6 Å². The van der Waals surface area contributed by atoms with E-state index in [0.717, 1.165) is 18.9 Å². The lowest BCUT2D eigenvalue weighted by Crippen LogP contribution is -2.30. The summed E-state index contributed by atoms with van der Waals surface area (Å²) in [5, 5.41) is 3.54. The highest BCUT2D eigenvalue weighted by molar-refractivity contribution is 5.38. The lowest BCUT2D eigenvalue weighted by Gasteiger charge is -2.14. The fourth-order valence-corrected chi connectivity index (χ4v) is 2.91. The first-order valence-electron chi connectivity index (χ1n) is 8.27. The molecule has 2 rings (SSSR count). The molecule has 0 saturated heterocycles. The van der Waals surface area contributed by atoms with Crippen molar-refractivity contribution >= 4 is 0 Å². The van der Waals surface area contributed by atoms with Crippen molar-refractivity contribution in [3.63, 3.8) is 0 Å². The zero-order valence-corrected chi connectivity index (χ0v) is 13.1. The smallest absolute Gasteiger partial charge is 0.119 e. The van der Waals surface area contributed by atoms with E-state index in [-0.39, 0.29) is 0 Å². The van der Waals surface area contributed by atoms with Gasteiger partial charge in [0.25, 0.3) is 0 Å². The third kappa shape index (κ3) is 4.82. The Morgan fingerprint density at radius 1 is 1.20 bits per heavy atom. The standard InChI is InChI=1S/C18H29NO/c1-3-4-5-7-15(2)19-12-13-20-18-11-10-16-8-6-9-17(16)14-18/h10-11,14-15,19H,3-9,12-13H2,1-2H3. The maximum atomic E-state index is 5.84. The van der Waals surface area contributed by atoms with Crippen LogP contribution in [0, 0.1) is 0 Å². The summed E-state index contributed by atoms with van der Waals surface area (Å²) in [5.41, 5.74) is 3.00. The number of nitrogens with one attached hydrogen (secondary N) is 1. The second-order valence-corrected chi connectivity index (χ2v) is 5.98. The topological polar surface area (TPSA) is 21.3 Å². The van der Waals surface area contributed by atoms with E-state index in [1.807, 2.05) is 0 Å². The van der Waals surface area contributed by atoms with E-state index >= 15 is 0 Å². The Hall–Kier alpha value is -1.02. The highest BCUT2D eigenvalue weighted by Crippen LogP contribution is 2.25. The van der Waals surface area contributed by atoms with E-state index in [2.05, 4.69) is 37.4 Å². The van der Waals surface area contributed by atoms with Gasteiger partial charge in [-0.2, -0.15) is 0 Å². The van der Waals surface area contributed by atoms with Crippen molar-refractivity contribution in [3.8, 4) is 5.75 Å². The number of fused-ring (bicyclic) bond motifs is 1. The van der Waals surface area contributed by atoms with Gasteiger partial charge >= 0.3 is 0 Å². The maximum absolute atomic E-state index is 5.84. The van der Waals surface area contributed by atoms with Crippen molar-refractivity contribution in [1.82, 2.24) is 5.32 Å². The molecule has 1 aliphatic carbocycles. The van der Waals surface area contributed by atoms with Crippen molar-refractivity contribution in [2.45, 2.75) is 64.8 Å². The zero-order valence-electron chi connectivity index (χ0n) is 13.1. The molecular formula is C18H29NO. The summed E-state index contributed by atoms with van der Waals surface area (Å²) < 4.78 is 5.84. The van der Waals surface area contributed by atoms with Gasteiger partial charge in [-0.1, -0.05) is 32.3 Å². The molecule has 0 radical (unpaired) electrons. The average molecular weight is 275 g/mol. The molecule has 112 valence electrons. The Bertz CT molecular complexity index is 402. The molecule has 0 bridgehead atoms. The quantitative estimate of drug-likeness (QED) is 0.685. The predicted octanol–water partition coefficient (Wildman–Crippen LogP) is 4.11. The van der Waals surface area contributed by atoms with Crippen LogP contribution >= 0.6 is 0 Å².